The number of carbonyl (C=O) groups is 1. The highest BCUT2D eigenvalue weighted by Gasteiger charge is 2.26. The number of rotatable bonds is 7. The minimum Gasteiger partial charge on any atom is -0.481 e. The first-order valence-electron chi connectivity index (χ1n) is 6.43. The second-order valence-corrected chi connectivity index (χ2v) is 6.50. The number of sulfonamides is 1. The summed E-state index contributed by atoms with van der Waals surface area (Å²) in [5.74, 6) is -1.71. The van der Waals surface area contributed by atoms with Crippen LogP contribution in [0.1, 0.15) is 31.2 Å². The van der Waals surface area contributed by atoms with Gasteiger partial charge < -0.3 is 5.11 Å². The van der Waals surface area contributed by atoms with Gasteiger partial charge in [0.05, 0.1) is 17.3 Å². The number of aliphatic carboxylic acids is 1. The van der Waals surface area contributed by atoms with Crippen molar-refractivity contribution in [1.29, 1.82) is 0 Å². The Kier molecular flexibility index (Phi) is 5.29. The summed E-state index contributed by atoms with van der Waals surface area (Å²) in [5.41, 5.74) is 0.928. The van der Waals surface area contributed by atoms with E-state index in [0.717, 1.165) is 0 Å². The van der Waals surface area contributed by atoms with Crippen LogP contribution in [0.2, 0.25) is 0 Å². The number of nitrogens with zero attached hydrogens (tertiary/aromatic N) is 2. The van der Waals surface area contributed by atoms with E-state index in [-0.39, 0.29) is 11.4 Å². The standard InChI is InChI=1S/C12H21N3O4S/c1-5-6-10(12(16)17)7-13-20(18,19)11-8(2)14-15(4)9(11)3/h10,13H,5-7H2,1-4H3,(H,16,17). The lowest BCUT2D eigenvalue weighted by molar-refractivity contribution is -0.141. The molecule has 1 heterocycles. The van der Waals surface area contributed by atoms with E-state index in [2.05, 4.69) is 9.82 Å². The molecule has 0 spiro atoms. The summed E-state index contributed by atoms with van der Waals surface area (Å²) >= 11 is 0. The van der Waals surface area contributed by atoms with Gasteiger partial charge in [-0.05, 0) is 20.3 Å². The molecule has 0 aromatic carbocycles. The summed E-state index contributed by atoms with van der Waals surface area (Å²) in [4.78, 5) is 11.2. The van der Waals surface area contributed by atoms with Crippen molar-refractivity contribution >= 4 is 16.0 Å². The van der Waals surface area contributed by atoms with Gasteiger partial charge >= 0.3 is 5.97 Å². The number of carboxylic acids is 1. The zero-order chi connectivity index (χ0) is 15.5. The Balaban J connectivity index is 2.93. The topological polar surface area (TPSA) is 101 Å². The number of aromatic nitrogens is 2. The van der Waals surface area contributed by atoms with E-state index in [1.807, 2.05) is 6.92 Å². The van der Waals surface area contributed by atoms with Gasteiger partial charge in [0.2, 0.25) is 10.0 Å². The lowest BCUT2D eigenvalue weighted by Gasteiger charge is -2.13. The zero-order valence-electron chi connectivity index (χ0n) is 12.2. The lowest BCUT2D eigenvalue weighted by Crippen LogP contribution is -2.33. The molecule has 1 aromatic rings. The summed E-state index contributed by atoms with van der Waals surface area (Å²) in [6, 6.07) is 0. The lowest BCUT2D eigenvalue weighted by atomic mass is 10.1. The molecule has 8 heteroatoms. The van der Waals surface area contributed by atoms with Gasteiger partial charge in [0, 0.05) is 13.6 Å². The van der Waals surface area contributed by atoms with Crippen LogP contribution >= 0.6 is 0 Å². The predicted molar refractivity (Wildman–Crippen MR) is 73.9 cm³/mol. The average Bonchev–Trinajstić information content (AvgIpc) is 2.58. The van der Waals surface area contributed by atoms with Crippen LogP contribution < -0.4 is 4.72 Å². The molecule has 0 saturated heterocycles. The molecule has 1 aromatic heterocycles. The van der Waals surface area contributed by atoms with Crippen molar-refractivity contribution < 1.29 is 18.3 Å². The molecule has 7 nitrogen and oxygen atoms in total. The Labute approximate surface area is 119 Å². The molecular formula is C12H21N3O4S. The molecule has 20 heavy (non-hydrogen) atoms. The third-order valence-electron chi connectivity index (χ3n) is 3.22. The van der Waals surface area contributed by atoms with Gasteiger partial charge in [-0.25, -0.2) is 13.1 Å². The first kappa shape index (κ1) is 16.6. The van der Waals surface area contributed by atoms with Crippen LogP contribution in [0.3, 0.4) is 0 Å². The maximum absolute atomic E-state index is 12.3. The van der Waals surface area contributed by atoms with Gasteiger partial charge in [0.25, 0.3) is 0 Å². The average molecular weight is 303 g/mol. The Morgan fingerprint density at radius 2 is 2.05 bits per heavy atom. The van der Waals surface area contributed by atoms with Gasteiger partial charge in [0.15, 0.2) is 0 Å². The quantitative estimate of drug-likeness (QED) is 0.776. The Bertz CT molecular complexity index is 592. The van der Waals surface area contributed by atoms with Crippen LogP contribution in [-0.2, 0) is 21.9 Å². The first-order chi connectivity index (χ1) is 9.20. The summed E-state index contributed by atoms with van der Waals surface area (Å²) in [6.07, 6.45) is 1.12. The molecule has 114 valence electrons. The maximum atomic E-state index is 12.3. The minimum absolute atomic E-state index is 0.112. The van der Waals surface area contributed by atoms with E-state index in [4.69, 9.17) is 5.11 Å². The summed E-state index contributed by atoms with van der Waals surface area (Å²) in [5, 5.41) is 13.1. The number of hydrogen-bond donors (Lipinski definition) is 2. The number of hydrogen-bond acceptors (Lipinski definition) is 4. The van der Waals surface area contributed by atoms with Gasteiger partial charge in [-0.2, -0.15) is 5.10 Å². The maximum Gasteiger partial charge on any atom is 0.307 e. The molecule has 0 fully saturated rings. The van der Waals surface area contributed by atoms with Gasteiger partial charge in [-0.1, -0.05) is 13.3 Å². The van der Waals surface area contributed by atoms with Crippen LogP contribution in [0.5, 0.6) is 0 Å². The molecule has 0 aliphatic rings. The molecule has 1 unspecified atom stereocenters. The fraction of sp³-hybridized carbons (Fsp3) is 0.667. The fourth-order valence-corrected chi connectivity index (χ4v) is 3.60. The Morgan fingerprint density at radius 1 is 1.45 bits per heavy atom. The number of carboxylic acid groups (broad SMARTS) is 1. The second kappa shape index (κ2) is 6.36. The summed E-state index contributed by atoms with van der Waals surface area (Å²) < 4.78 is 28.4. The molecular weight excluding hydrogens is 282 g/mol. The summed E-state index contributed by atoms with van der Waals surface area (Å²) in [7, 11) is -2.08. The van der Waals surface area contributed by atoms with Crippen molar-refractivity contribution in [3.05, 3.63) is 11.4 Å². The normalized spacial score (nSPS) is 13.4. The number of aryl methyl sites for hydroxylation is 2. The molecule has 0 radical (unpaired) electrons. The largest absolute Gasteiger partial charge is 0.481 e. The molecule has 2 N–H and O–H groups in total. The fourth-order valence-electron chi connectivity index (χ4n) is 2.09. The highest BCUT2D eigenvalue weighted by molar-refractivity contribution is 7.89. The molecule has 0 bridgehead atoms. The Hall–Kier alpha value is -1.41. The smallest absolute Gasteiger partial charge is 0.307 e. The second-order valence-electron chi connectivity index (χ2n) is 4.80. The van der Waals surface area contributed by atoms with Crippen molar-refractivity contribution in [2.24, 2.45) is 13.0 Å². The van der Waals surface area contributed by atoms with Crippen molar-refractivity contribution in [3.63, 3.8) is 0 Å². The molecule has 0 saturated carbocycles. The number of nitrogens with one attached hydrogen (secondary N) is 1. The molecule has 0 aliphatic heterocycles. The van der Waals surface area contributed by atoms with Gasteiger partial charge in [0.1, 0.15) is 4.90 Å². The Morgan fingerprint density at radius 3 is 2.45 bits per heavy atom. The van der Waals surface area contributed by atoms with Gasteiger partial charge in [-0.15, -0.1) is 0 Å². The van der Waals surface area contributed by atoms with Crippen LogP contribution in [-0.4, -0.2) is 35.8 Å². The SMILES string of the molecule is CCCC(CNS(=O)(=O)c1c(C)nn(C)c1C)C(=O)O. The van der Waals surface area contributed by atoms with Crippen molar-refractivity contribution in [3.8, 4) is 0 Å². The third kappa shape index (κ3) is 3.57. The van der Waals surface area contributed by atoms with Crippen molar-refractivity contribution in [1.82, 2.24) is 14.5 Å². The summed E-state index contributed by atoms with van der Waals surface area (Å²) in [6.45, 7) is 5.02. The van der Waals surface area contributed by atoms with Crippen molar-refractivity contribution in [2.45, 2.75) is 38.5 Å². The van der Waals surface area contributed by atoms with E-state index >= 15 is 0 Å². The van der Waals surface area contributed by atoms with Gasteiger partial charge in [-0.3, -0.25) is 9.48 Å². The third-order valence-corrected chi connectivity index (χ3v) is 4.89. The predicted octanol–water partition coefficient (Wildman–Crippen LogP) is 0.816. The van der Waals surface area contributed by atoms with Crippen molar-refractivity contribution in [2.75, 3.05) is 6.54 Å². The van der Waals surface area contributed by atoms with Crippen LogP contribution in [0.15, 0.2) is 4.90 Å². The van der Waals surface area contributed by atoms with E-state index < -0.39 is 21.9 Å². The molecule has 1 rings (SSSR count). The molecule has 0 aliphatic carbocycles. The molecule has 0 amide bonds. The monoisotopic (exact) mass is 303 g/mol. The van der Waals surface area contributed by atoms with E-state index in [1.54, 1.807) is 20.9 Å². The highest BCUT2D eigenvalue weighted by Crippen LogP contribution is 2.18. The zero-order valence-corrected chi connectivity index (χ0v) is 13.0. The van der Waals surface area contributed by atoms with Crippen LogP contribution in [0.25, 0.3) is 0 Å². The minimum atomic E-state index is -3.74. The first-order valence-corrected chi connectivity index (χ1v) is 7.91. The van der Waals surface area contributed by atoms with E-state index in [0.29, 0.717) is 24.2 Å². The van der Waals surface area contributed by atoms with Crippen LogP contribution in [0, 0.1) is 19.8 Å². The highest BCUT2D eigenvalue weighted by atomic mass is 32.2. The van der Waals surface area contributed by atoms with Crippen LogP contribution in [0.4, 0.5) is 0 Å². The van der Waals surface area contributed by atoms with E-state index in [9.17, 15) is 13.2 Å². The van der Waals surface area contributed by atoms with E-state index in [1.165, 1.54) is 4.68 Å². The molecule has 1 atom stereocenters.